The van der Waals surface area contributed by atoms with Crippen molar-refractivity contribution in [1.82, 2.24) is 29.8 Å². The number of benzene rings is 1. The molecular formula is C13H7ClN6S. The van der Waals surface area contributed by atoms with Crippen LogP contribution in [-0.4, -0.2) is 29.8 Å². The molecule has 0 saturated heterocycles. The molecular weight excluding hydrogens is 308 g/mol. The molecule has 6 nitrogen and oxygen atoms in total. The lowest BCUT2D eigenvalue weighted by atomic mass is 10.2. The highest BCUT2D eigenvalue weighted by Crippen LogP contribution is 2.31. The lowest BCUT2D eigenvalue weighted by molar-refractivity contribution is 0.957. The van der Waals surface area contributed by atoms with Crippen LogP contribution in [0.5, 0.6) is 0 Å². The van der Waals surface area contributed by atoms with Crippen molar-refractivity contribution in [2.75, 3.05) is 0 Å². The van der Waals surface area contributed by atoms with E-state index in [4.69, 9.17) is 11.6 Å². The molecule has 21 heavy (non-hydrogen) atoms. The number of rotatable bonds is 2. The fourth-order valence-corrected chi connectivity index (χ4v) is 3.09. The smallest absolute Gasteiger partial charge is 0.235 e. The first-order valence-electron chi connectivity index (χ1n) is 6.06. The zero-order valence-corrected chi connectivity index (χ0v) is 12.1. The third-order valence-electron chi connectivity index (χ3n) is 2.89. The van der Waals surface area contributed by atoms with Gasteiger partial charge < -0.3 is 0 Å². The molecule has 0 saturated carbocycles. The summed E-state index contributed by atoms with van der Waals surface area (Å²) in [6.45, 7) is 0. The van der Waals surface area contributed by atoms with Crippen LogP contribution in [0.4, 0.5) is 0 Å². The molecule has 3 aromatic heterocycles. The fourth-order valence-electron chi connectivity index (χ4n) is 1.93. The third kappa shape index (κ3) is 2.07. The molecule has 0 aliphatic carbocycles. The van der Waals surface area contributed by atoms with Gasteiger partial charge in [0.2, 0.25) is 10.8 Å². The molecule has 0 unspecified atom stereocenters. The van der Waals surface area contributed by atoms with E-state index in [2.05, 4.69) is 25.3 Å². The number of hydrogen-bond donors (Lipinski definition) is 0. The van der Waals surface area contributed by atoms with Crippen LogP contribution < -0.4 is 0 Å². The van der Waals surface area contributed by atoms with E-state index >= 15 is 0 Å². The Balaban J connectivity index is 1.89. The van der Waals surface area contributed by atoms with E-state index in [9.17, 15) is 0 Å². The summed E-state index contributed by atoms with van der Waals surface area (Å²) in [6.07, 6.45) is 4.85. The predicted octanol–water partition coefficient (Wildman–Crippen LogP) is 2.96. The topological polar surface area (TPSA) is 68.9 Å². The van der Waals surface area contributed by atoms with Gasteiger partial charge in [-0.05, 0) is 6.07 Å². The monoisotopic (exact) mass is 314 g/mol. The van der Waals surface area contributed by atoms with Crippen LogP contribution in [0.1, 0.15) is 0 Å². The first kappa shape index (κ1) is 12.4. The molecule has 3 heterocycles. The van der Waals surface area contributed by atoms with Crippen molar-refractivity contribution in [3.8, 4) is 22.1 Å². The second-order valence-corrected chi connectivity index (χ2v) is 5.56. The SMILES string of the molecule is Clc1ccccc1-c1nn2c(-c3cnccn3)nnc2s1. The Morgan fingerprint density at radius 2 is 2.00 bits per heavy atom. The van der Waals surface area contributed by atoms with Crippen LogP contribution in [0.25, 0.3) is 27.1 Å². The molecule has 4 aromatic rings. The first-order chi connectivity index (χ1) is 10.3. The minimum atomic E-state index is 0.563. The van der Waals surface area contributed by atoms with Crippen molar-refractivity contribution >= 4 is 27.9 Å². The van der Waals surface area contributed by atoms with Crippen molar-refractivity contribution in [2.24, 2.45) is 0 Å². The summed E-state index contributed by atoms with van der Waals surface area (Å²) in [6, 6.07) is 7.57. The second-order valence-electron chi connectivity index (χ2n) is 4.20. The predicted molar refractivity (Wildman–Crippen MR) is 80.1 cm³/mol. The van der Waals surface area contributed by atoms with Crippen molar-refractivity contribution in [1.29, 1.82) is 0 Å². The summed E-state index contributed by atoms with van der Waals surface area (Å²) < 4.78 is 1.66. The number of fused-ring (bicyclic) bond motifs is 1. The van der Waals surface area contributed by atoms with Gasteiger partial charge in [-0.15, -0.1) is 10.2 Å². The lowest BCUT2D eigenvalue weighted by Crippen LogP contribution is -1.93. The summed E-state index contributed by atoms with van der Waals surface area (Å²) >= 11 is 7.63. The van der Waals surface area contributed by atoms with Gasteiger partial charge >= 0.3 is 0 Å². The third-order valence-corrected chi connectivity index (χ3v) is 4.15. The maximum absolute atomic E-state index is 6.21. The van der Waals surface area contributed by atoms with E-state index in [0.717, 1.165) is 10.6 Å². The zero-order valence-electron chi connectivity index (χ0n) is 10.5. The van der Waals surface area contributed by atoms with Crippen molar-refractivity contribution < 1.29 is 0 Å². The Kier molecular flexibility index (Phi) is 2.87. The van der Waals surface area contributed by atoms with Gasteiger partial charge in [0, 0.05) is 18.0 Å². The Labute approximate surface area is 128 Å². The van der Waals surface area contributed by atoms with Gasteiger partial charge in [-0.2, -0.15) is 9.61 Å². The zero-order chi connectivity index (χ0) is 14.2. The Morgan fingerprint density at radius 3 is 2.81 bits per heavy atom. The van der Waals surface area contributed by atoms with Crippen molar-refractivity contribution in [2.45, 2.75) is 0 Å². The largest absolute Gasteiger partial charge is 0.261 e. The molecule has 1 aromatic carbocycles. The van der Waals surface area contributed by atoms with E-state index in [0.29, 0.717) is 21.5 Å². The van der Waals surface area contributed by atoms with Crippen LogP contribution in [0.2, 0.25) is 5.02 Å². The molecule has 0 atom stereocenters. The average Bonchev–Trinajstić information content (AvgIpc) is 3.08. The molecule has 0 amide bonds. The fraction of sp³-hybridized carbons (Fsp3) is 0. The summed E-state index contributed by atoms with van der Waals surface area (Å²) in [4.78, 5) is 8.95. The van der Waals surface area contributed by atoms with Gasteiger partial charge in [-0.25, -0.2) is 4.98 Å². The summed E-state index contributed by atoms with van der Waals surface area (Å²) in [5.41, 5.74) is 1.50. The van der Waals surface area contributed by atoms with Crippen LogP contribution >= 0.6 is 22.9 Å². The minimum absolute atomic E-state index is 0.563. The highest BCUT2D eigenvalue weighted by molar-refractivity contribution is 7.19. The van der Waals surface area contributed by atoms with Crippen LogP contribution in [0, 0.1) is 0 Å². The van der Waals surface area contributed by atoms with Gasteiger partial charge in [0.05, 0.1) is 11.2 Å². The normalized spacial score (nSPS) is 11.1. The van der Waals surface area contributed by atoms with E-state index in [1.165, 1.54) is 11.3 Å². The molecule has 0 aliphatic heterocycles. The molecule has 0 aliphatic rings. The lowest BCUT2D eigenvalue weighted by Gasteiger charge is -1.98. The average molecular weight is 315 g/mol. The summed E-state index contributed by atoms with van der Waals surface area (Å²) in [7, 11) is 0. The molecule has 8 heteroatoms. The van der Waals surface area contributed by atoms with E-state index < -0.39 is 0 Å². The quantitative estimate of drug-likeness (QED) is 0.569. The Hall–Kier alpha value is -2.38. The summed E-state index contributed by atoms with van der Waals surface area (Å²) in [5.74, 6) is 0.563. The highest BCUT2D eigenvalue weighted by Gasteiger charge is 2.16. The minimum Gasteiger partial charge on any atom is -0.261 e. The molecule has 0 bridgehead atoms. The first-order valence-corrected chi connectivity index (χ1v) is 7.26. The number of aromatic nitrogens is 6. The number of nitrogens with zero attached hydrogens (tertiary/aromatic N) is 6. The molecule has 0 fully saturated rings. The van der Waals surface area contributed by atoms with Gasteiger partial charge in [-0.1, -0.05) is 41.1 Å². The van der Waals surface area contributed by atoms with Crippen molar-refractivity contribution in [3.05, 3.63) is 47.9 Å². The van der Waals surface area contributed by atoms with E-state index in [1.807, 2.05) is 24.3 Å². The molecule has 0 N–H and O–H groups in total. The van der Waals surface area contributed by atoms with Crippen LogP contribution in [0.3, 0.4) is 0 Å². The molecule has 0 spiro atoms. The van der Waals surface area contributed by atoms with E-state index in [1.54, 1.807) is 23.1 Å². The maximum atomic E-state index is 6.21. The molecule has 4 rings (SSSR count). The maximum Gasteiger partial charge on any atom is 0.235 e. The molecule has 0 radical (unpaired) electrons. The second kappa shape index (κ2) is 4.87. The van der Waals surface area contributed by atoms with Gasteiger partial charge in [0.1, 0.15) is 10.7 Å². The van der Waals surface area contributed by atoms with Crippen LogP contribution in [0.15, 0.2) is 42.9 Å². The number of halogens is 1. The Bertz CT molecular complexity index is 917. The van der Waals surface area contributed by atoms with Gasteiger partial charge in [0.15, 0.2) is 0 Å². The molecule has 102 valence electrons. The summed E-state index contributed by atoms with van der Waals surface area (Å²) in [5, 5.41) is 14.2. The number of hydrogen-bond acceptors (Lipinski definition) is 6. The standard InChI is InChI=1S/C13H7ClN6S/c14-9-4-2-1-3-8(9)12-19-20-11(17-18-13(20)21-12)10-7-15-5-6-16-10/h1-7H. The van der Waals surface area contributed by atoms with Gasteiger partial charge in [0.25, 0.3) is 0 Å². The van der Waals surface area contributed by atoms with Gasteiger partial charge in [-0.3, -0.25) is 4.98 Å². The Morgan fingerprint density at radius 1 is 1.10 bits per heavy atom. The van der Waals surface area contributed by atoms with E-state index in [-0.39, 0.29) is 0 Å². The van der Waals surface area contributed by atoms with Crippen molar-refractivity contribution in [3.63, 3.8) is 0 Å². The van der Waals surface area contributed by atoms with Crippen LogP contribution in [-0.2, 0) is 0 Å². The highest BCUT2D eigenvalue weighted by atomic mass is 35.5.